The van der Waals surface area contributed by atoms with E-state index in [1.165, 1.54) is 5.56 Å². The van der Waals surface area contributed by atoms with Gasteiger partial charge in [0.2, 0.25) is 0 Å². The smallest absolute Gasteiger partial charge is 0.377 e. The molecular weight excluding hydrogens is 274 g/mol. The summed E-state index contributed by atoms with van der Waals surface area (Å²) in [6.07, 6.45) is 3.68. The minimum Gasteiger partial charge on any atom is -0.377 e. The van der Waals surface area contributed by atoms with Crippen LogP contribution < -0.4 is 4.84 Å². The average Bonchev–Trinajstić information content (AvgIpc) is 2.53. The molecule has 0 fully saturated rings. The third kappa shape index (κ3) is 4.72. The summed E-state index contributed by atoms with van der Waals surface area (Å²) in [6, 6.07) is 8.80. The van der Waals surface area contributed by atoms with Gasteiger partial charge in [-0.3, -0.25) is 0 Å². The maximum absolute atomic E-state index is 5.17. The van der Waals surface area contributed by atoms with Crippen LogP contribution in [0.1, 0.15) is 18.9 Å². The monoisotopic (exact) mass is 297 g/mol. The van der Waals surface area contributed by atoms with E-state index in [1.54, 1.807) is 27.5 Å². The fourth-order valence-corrected chi connectivity index (χ4v) is 3.58. The Bertz CT molecular complexity index is 386. The van der Waals surface area contributed by atoms with Crippen LogP contribution in [0.15, 0.2) is 29.4 Å². The minimum absolute atomic E-state index is 0.880. The molecule has 1 aromatic carbocycles. The number of para-hydroxylation sites is 1. The van der Waals surface area contributed by atoms with Crippen molar-refractivity contribution in [2.45, 2.75) is 25.8 Å². The summed E-state index contributed by atoms with van der Waals surface area (Å²) in [4.78, 5) is 4.99. The van der Waals surface area contributed by atoms with Gasteiger partial charge in [0.15, 0.2) is 5.75 Å². The van der Waals surface area contributed by atoms with Crippen LogP contribution in [0.3, 0.4) is 0 Å². The van der Waals surface area contributed by atoms with E-state index in [1.807, 2.05) is 24.3 Å². The largest absolute Gasteiger partial charge is 0.500 e. The van der Waals surface area contributed by atoms with Gasteiger partial charge in [0.25, 0.3) is 0 Å². The Balaban J connectivity index is 0.000000200. The number of rotatable bonds is 5. The molecule has 1 heterocycles. The van der Waals surface area contributed by atoms with Gasteiger partial charge in [-0.25, -0.2) is 0 Å². The third-order valence-corrected chi connectivity index (χ3v) is 5.98. The van der Waals surface area contributed by atoms with Crippen LogP contribution in [-0.4, -0.2) is 36.3 Å². The topological polar surface area (TPSA) is 49.3 Å². The van der Waals surface area contributed by atoms with Gasteiger partial charge < -0.3 is 18.1 Å². The Morgan fingerprint density at radius 3 is 2.30 bits per heavy atom. The molecule has 0 amide bonds. The van der Waals surface area contributed by atoms with E-state index in [-0.39, 0.29) is 0 Å². The van der Waals surface area contributed by atoms with Crippen LogP contribution in [0.25, 0.3) is 0 Å². The predicted octanol–water partition coefficient (Wildman–Crippen LogP) is 2.88. The quantitative estimate of drug-likeness (QED) is 0.784. The number of benzene rings is 1. The van der Waals surface area contributed by atoms with Crippen molar-refractivity contribution in [2.75, 3.05) is 21.3 Å². The fraction of sp³-hybridized carbons (Fsp3) is 0.500. The summed E-state index contributed by atoms with van der Waals surface area (Å²) in [7, 11) is 2.68. The average molecular weight is 297 g/mol. The van der Waals surface area contributed by atoms with Crippen molar-refractivity contribution in [3.05, 3.63) is 29.8 Å². The number of fused-ring (bicyclic) bond motifs is 1. The second-order valence-corrected chi connectivity index (χ2v) is 7.33. The van der Waals surface area contributed by atoms with Gasteiger partial charge in [-0.05, 0) is 6.07 Å². The van der Waals surface area contributed by atoms with E-state index in [4.69, 9.17) is 18.1 Å². The molecule has 20 heavy (non-hydrogen) atoms. The van der Waals surface area contributed by atoms with Crippen LogP contribution in [0, 0.1) is 0 Å². The zero-order valence-electron chi connectivity index (χ0n) is 12.6. The van der Waals surface area contributed by atoms with Gasteiger partial charge in [-0.15, -0.1) is 0 Å². The Morgan fingerprint density at radius 1 is 1.15 bits per heavy atom. The van der Waals surface area contributed by atoms with Gasteiger partial charge >= 0.3 is 8.80 Å². The predicted molar refractivity (Wildman–Crippen MR) is 81.1 cm³/mol. The van der Waals surface area contributed by atoms with Crippen molar-refractivity contribution in [2.24, 2.45) is 5.16 Å². The van der Waals surface area contributed by atoms with Crippen molar-refractivity contribution in [1.29, 1.82) is 0 Å². The van der Waals surface area contributed by atoms with Crippen LogP contribution in [0.5, 0.6) is 5.75 Å². The molecule has 0 radical (unpaired) electrons. The molecule has 112 valence electrons. The summed E-state index contributed by atoms with van der Waals surface area (Å²) < 4.78 is 15.5. The lowest BCUT2D eigenvalue weighted by Crippen LogP contribution is -2.42. The molecule has 0 unspecified atom stereocenters. The molecule has 0 saturated carbocycles. The first-order valence-corrected chi connectivity index (χ1v) is 8.56. The van der Waals surface area contributed by atoms with E-state index in [9.17, 15) is 0 Å². The van der Waals surface area contributed by atoms with Crippen LogP contribution in [0.4, 0.5) is 0 Å². The first-order chi connectivity index (χ1) is 9.71. The summed E-state index contributed by atoms with van der Waals surface area (Å²) in [5.41, 5.74) is 1.21. The van der Waals surface area contributed by atoms with Crippen molar-refractivity contribution in [1.82, 2.24) is 0 Å². The molecule has 5 nitrogen and oxygen atoms in total. The third-order valence-electron chi connectivity index (χ3n) is 3.00. The first kappa shape index (κ1) is 16.8. The highest BCUT2D eigenvalue weighted by molar-refractivity contribution is 6.60. The summed E-state index contributed by atoms with van der Waals surface area (Å²) in [5, 5.41) is 3.69. The van der Waals surface area contributed by atoms with E-state index >= 15 is 0 Å². The highest BCUT2D eigenvalue weighted by Gasteiger charge is 2.36. The summed E-state index contributed by atoms with van der Waals surface area (Å²) in [5.74, 6) is 0.880. The Labute approximate surface area is 121 Å². The van der Waals surface area contributed by atoms with Gasteiger partial charge in [0, 0.05) is 45.6 Å². The highest BCUT2D eigenvalue weighted by atomic mass is 28.4. The molecule has 0 bridgehead atoms. The number of nitrogens with zero attached hydrogens (tertiary/aromatic N) is 1. The Morgan fingerprint density at radius 2 is 1.80 bits per heavy atom. The number of oxime groups is 1. The first-order valence-electron chi connectivity index (χ1n) is 6.63. The normalized spacial score (nSPS) is 13.0. The molecule has 0 atom stereocenters. The van der Waals surface area contributed by atoms with Gasteiger partial charge in [0.05, 0.1) is 0 Å². The molecular formula is C14H23NO4Si. The molecule has 0 aliphatic carbocycles. The van der Waals surface area contributed by atoms with Crippen LogP contribution in [-0.2, 0) is 19.7 Å². The van der Waals surface area contributed by atoms with Gasteiger partial charge in [-0.2, -0.15) is 0 Å². The number of hydrogen-bond acceptors (Lipinski definition) is 5. The van der Waals surface area contributed by atoms with Crippen molar-refractivity contribution < 1.29 is 18.1 Å². The SMILES string of the molecule is C1=NOc2ccccc2C1.CCC[Si](OC)(OC)OC. The van der Waals surface area contributed by atoms with Gasteiger partial charge in [-0.1, -0.05) is 36.7 Å². The minimum atomic E-state index is -2.22. The van der Waals surface area contributed by atoms with Gasteiger partial charge in [0.1, 0.15) is 0 Å². The maximum Gasteiger partial charge on any atom is 0.500 e. The Kier molecular flexibility index (Phi) is 7.46. The van der Waals surface area contributed by atoms with E-state index in [0.717, 1.165) is 24.6 Å². The molecule has 1 aliphatic heterocycles. The van der Waals surface area contributed by atoms with Crippen molar-refractivity contribution in [3.63, 3.8) is 0 Å². The Hall–Kier alpha value is -1.21. The molecule has 1 aromatic rings. The summed E-state index contributed by atoms with van der Waals surface area (Å²) >= 11 is 0. The highest BCUT2D eigenvalue weighted by Crippen LogP contribution is 2.20. The lowest BCUT2D eigenvalue weighted by atomic mass is 10.1. The maximum atomic E-state index is 5.17. The van der Waals surface area contributed by atoms with E-state index in [0.29, 0.717) is 0 Å². The zero-order chi connectivity index (χ0) is 14.8. The second kappa shape index (κ2) is 8.86. The summed E-state index contributed by atoms with van der Waals surface area (Å²) in [6.45, 7) is 2.08. The van der Waals surface area contributed by atoms with E-state index < -0.39 is 8.80 Å². The molecule has 2 rings (SSSR count). The second-order valence-electron chi connectivity index (χ2n) is 4.24. The van der Waals surface area contributed by atoms with Crippen LogP contribution in [0.2, 0.25) is 6.04 Å². The molecule has 0 aromatic heterocycles. The van der Waals surface area contributed by atoms with Crippen molar-refractivity contribution >= 4 is 15.0 Å². The lowest BCUT2D eigenvalue weighted by Gasteiger charge is -2.23. The lowest BCUT2D eigenvalue weighted by molar-refractivity contribution is 0.123. The fourth-order valence-electron chi connectivity index (χ4n) is 1.85. The van der Waals surface area contributed by atoms with Crippen molar-refractivity contribution in [3.8, 4) is 5.75 Å². The van der Waals surface area contributed by atoms with E-state index in [2.05, 4.69) is 12.1 Å². The zero-order valence-corrected chi connectivity index (χ0v) is 13.6. The molecule has 0 saturated heterocycles. The molecule has 1 aliphatic rings. The standard InChI is InChI=1S/C8H7NO.C6H16O3Si/c1-2-4-8-7(3-1)5-6-9-10-8;1-5-6-10(7-2,8-3)9-4/h1-4,6H,5H2;5-6H2,1-4H3. The molecule has 6 heteroatoms. The number of hydrogen-bond donors (Lipinski definition) is 0. The molecule has 0 N–H and O–H groups in total. The molecule has 0 spiro atoms. The van der Waals surface area contributed by atoms with Crippen LogP contribution >= 0.6 is 0 Å².